The van der Waals surface area contributed by atoms with E-state index < -0.39 is 28.5 Å². The Hall–Kier alpha value is -3.21. The number of carbonyl (C=O) groups excluding carboxylic acids is 1. The molecule has 11 heteroatoms. The van der Waals surface area contributed by atoms with Crippen molar-refractivity contribution in [3.8, 4) is 11.5 Å². The second kappa shape index (κ2) is 7.19. The molecule has 0 aliphatic carbocycles. The molecule has 142 valence electrons. The highest BCUT2D eigenvalue weighted by atomic mass is 32.1. The van der Waals surface area contributed by atoms with Gasteiger partial charge in [-0.3, -0.25) is 14.9 Å². The fraction of sp³-hybridized carbons (Fsp3) is 0.312. The van der Waals surface area contributed by atoms with Gasteiger partial charge in [-0.05, 0) is 13.8 Å². The first-order valence-electron chi connectivity index (χ1n) is 7.87. The molecule has 2 N–H and O–H groups in total. The lowest BCUT2D eigenvalue weighted by Crippen LogP contribution is -2.27. The molecule has 0 bridgehead atoms. The van der Waals surface area contributed by atoms with Crippen LogP contribution >= 0.6 is 11.3 Å². The third-order valence-electron chi connectivity index (χ3n) is 3.83. The Morgan fingerprint density at radius 1 is 1.33 bits per heavy atom. The Balaban J connectivity index is 1.88. The number of carboxylic acid groups (broad SMARTS) is 1. The fourth-order valence-electron chi connectivity index (χ4n) is 2.55. The molecular weight excluding hydrogens is 378 g/mol. The molecule has 1 atom stereocenters. The highest BCUT2D eigenvalue weighted by molar-refractivity contribution is 7.13. The van der Waals surface area contributed by atoms with E-state index in [-0.39, 0.29) is 35.2 Å². The molecule has 0 spiro atoms. The predicted octanol–water partition coefficient (Wildman–Crippen LogP) is 2.32. The third-order valence-corrected chi connectivity index (χ3v) is 5.16. The van der Waals surface area contributed by atoms with Gasteiger partial charge in [0, 0.05) is 6.07 Å². The summed E-state index contributed by atoms with van der Waals surface area (Å²) < 4.78 is 10.7. The van der Waals surface area contributed by atoms with Crippen molar-refractivity contribution in [3.63, 3.8) is 0 Å². The molecule has 27 heavy (non-hydrogen) atoms. The lowest BCUT2D eigenvalue weighted by Gasteiger charge is -2.19. The fourth-order valence-corrected chi connectivity index (χ4v) is 3.46. The molecule has 3 rings (SSSR count). The first-order chi connectivity index (χ1) is 12.8. The van der Waals surface area contributed by atoms with Crippen LogP contribution in [0.4, 0.5) is 5.69 Å². The summed E-state index contributed by atoms with van der Waals surface area (Å²) in [6.45, 7) is 3.72. The maximum Gasteiger partial charge on any atom is 0.347 e. The minimum atomic E-state index is -1.10. The minimum absolute atomic E-state index is 0.0800. The number of rotatable bonds is 5. The van der Waals surface area contributed by atoms with Gasteiger partial charge >= 0.3 is 5.97 Å². The quantitative estimate of drug-likeness (QED) is 0.582. The summed E-state index contributed by atoms with van der Waals surface area (Å²) >= 11 is 0.942. The number of carboxylic acids is 1. The number of aromatic nitrogens is 1. The number of nitro benzene ring substituents is 1. The number of amides is 1. The maximum absolute atomic E-state index is 12.6. The van der Waals surface area contributed by atoms with Crippen LogP contribution in [0, 0.1) is 17.0 Å². The normalized spacial score (nSPS) is 13.7. The third kappa shape index (κ3) is 3.67. The van der Waals surface area contributed by atoms with Crippen LogP contribution in [0.2, 0.25) is 0 Å². The Morgan fingerprint density at radius 2 is 1.96 bits per heavy atom. The standard InChI is InChI=1S/C16H15N3O7S/c1-7-13(16(21)22)27-15(18-7)8(2)17-14(20)9-5-11-12(26-4-3-25-11)6-10(9)19(23)24/h5-6,8H,3-4H2,1-2H3,(H,17,20)(H,21,22). The van der Waals surface area contributed by atoms with E-state index in [2.05, 4.69) is 10.3 Å². The number of nitro groups is 1. The second-order valence-electron chi connectivity index (χ2n) is 5.74. The van der Waals surface area contributed by atoms with Crippen LogP contribution in [-0.2, 0) is 0 Å². The maximum atomic E-state index is 12.6. The molecule has 2 aromatic rings. The van der Waals surface area contributed by atoms with Crippen LogP contribution in [0.15, 0.2) is 12.1 Å². The highest BCUT2D eigenvalue weighted by Crippen LogP contribution is 2.37. The Labute approximate surface area is 156 Å². The van der Waals surface area contributed by atoms with Gasteiger partial charge in [0.1, 0.15) is 28.7 Å². The van der Waals surface area contributed by atoms with Crippen LogP contribution in [0.3, 0.4) is 0 Å². The van der Waals surface area contributed by atoms with Crippen molar-refractivity contribution < 1.29 is 29.1 Å². The molecule has 2 heterocycles. The molecule has 0 radical (unpaired) electrons. The van der Waals surface area contributed by atoms with Crippen molar-refractivity contribution in [1.82, 2.24) is 10.3 Å². The smallest absolute Gasteiger partial charge is 0.347 e. The van der Waals surface area contributed by atoms with Crippen LogP contribution in [0.5, 0.6) is 11.5 Å². The van der Waals surface area contributed by atoms with E-state index in [0.29, 0.717) is 10.7 Å². The number of fused-ring (bicyclic) bond motifs is 1. The van der Waals surface area contributed by atoms with Gasteiger partial charge in [0.25, 0.3) is 11.6 Å². The summed E-state index contributed by atoms with van der Waals surface area (Å²) in [4.78, 5) is 38.7. The number of aryl methyl sites for hydroxylation is 1. The predicted molar refractivity (Wildman–Crippen MR) is 93.8 cm³/mol. The number of aromatic carboxylic acids is 1. The minimum Gasteiger partial charge on any atom is -0.486 e. The molecule has 1 aliphatic heterocycles. The van der Waals surface area contributed by atoms with Gasteiger partial charge in [0.2, 0.25) is 0 Å². The van der Waals surface area contributed by atoms with Gasteiger partial charge in [0.05, 0.1) is 22.7 Å². The van der Waals surface area contributed by atoms with E-state index in [4.69, 9.17) is 14.6 Å². The summed E-state index contributed by atoms with van der Waals surface area (Å²) in [5.74, 6) is -1.34. The van der Waals surface area contributed by atoms with E-state index in [1.807, 2.05) is 0 Å². The number of hydrogen-bond acceptors (Lipinski definition) is 8. The number of nitrogens with zero attached hydrogens (tertiary/aromatic N) is 2. The van der Waals surface area contributed by atoms with E-state index in [9.17, 15) is 19.7 Å². The average Bonchev–Trinajstić information content (AvgIpc) is 3.02. The molecular formula is C16H15N3O7S. The number of thiazole rings is 1. The van der Waals surface area contributed by atoms with Crippen LogP contribution < -0.4 is 14.8 Å². The van der Waals surface area contributed by atoms with Gasteiger partial charge in [-0.1, -0.05) is 0 Å². The molecule has 0 fully saturated rings. The first kappa shape index (κ1) is 18.6. The summed E-state index contributed by atoms with van der Waals surface area (Å²) in [5, 5.41) is 23.5. The molecule has 1 aromatic carbocycles. The monoisotopic (exact) mass is 393 g/mol. The summed E-state index contributed by atoms with van der Waals surface area (Å²) in [6, 6.07) is 1.79. The van der Waals surface area contributed by atoms with E-state index >= 15 is 0 Å². The van der Waals surface area contributed by atoms with Gasteiger partial charge < -0.3 is 19.9 Å². The van der Waals surface area contributed by atoms with Crippen molar-refractivity contribution in [2.24, 2.45) is 0 Å². The number of benzene rings is 1. The van der Waals surface area contributed by atoms with Crippen LogP contribution in [-0.4, -0.2) is 40.1 Å². The topological polar surface area (TPSA) is 141 Å². The van der Waals surface area contributed by atoms with Crippen molar-refractivity contribution in [2.75, 3.05) is 13.2 Å². The van der Waals surface area contributed by atoms with Crippen molar-refractivity contribution in [2.45, 2.75) is 19.9 Å². The summed E-state index contributed by atoms with van der Waals surface area (Å²) in [5.41, 5.74) is -0.248. The Kier molecular flexibility index (Phi) is 4.95. The number of carbonyl (C=O) groups is 2. The molecule has 0 saturated heterocycles. The lowest BCUT2D eigenvalue weighted by atomic mass is 10.1. The molecule has 1 aromatic heterocycles. The molecule has 1 unspecified atom stereocenters. The van der Waals surface area contributed by atoms with E-state index in [1.165, 1.54) is 6.07 Å². The molecule has 10 nitrogen and oxygen atoms in total. The number of ether oxygens (including phenoxy) is 2. The summed E-state index contributed by atoms with van der Waals surface area (Å²) in [7, 11) is 0. The Bertz CT molecular complexity index is 940. The van der Waals surface area contributed by atoms with Gasteiger partial charge in [0.15, 0.2) is 11.5 Å². The Morgan fingerprint density at radius 3 is 2.52 bits per heavy atom. The van der Waals surface area contributed by atoms with E-state index in [1.54, 1.807) is 13.8 Å². The number of hydrogen-bond donors (Lipinski definition) is 2. The van der Waals surface area contributed by atoms with Gasteiger partial charge in [-0.15, -0.1) is 11.3 Å². The summed E-state index contributed by atoms with van der Waals surface area (Å²) in [6.07, 6.45) is 0. The highest BCUT2D eigenvalue weighted by Gasteiger charge is 2.28. The van der Waals surface area contributed by atoms with Crippen molar-refractivity contribution in [3.05, 3.63) is 43.4 Å². The molecule has 1 aliphatic rings. The second-order valence-corrected chi connectivity index (χ2v) is 6.77. The zero-order valence-corrected chi connectivity index (χ0v) is 15.2. The van der Waals surface area contributed by atoms with Gasteiger partial charge in [-0.2, -0.15) is 0 Å². The van der Waals surface area contributed by atoms with Crippen LogP contribution in [0.25, 0.3) is 0 Å². The van der Waals surface area contributed by atoms with Crippen LogP contribution in [0.1, 0.15) is 43.7 Å². The van der Waals surface area contributed by atoms with E-state index in [0.717, 1.165) is 17.4 Å². The average molecular weight is 393 g/mol. The zero-order chi connectivity index (χ0) is 19.7. The number of nitrogens with one attached hydrogen (secondary N) is 1. The zero-order valence-electron chi connectivity index (χ0n) is 14.3. The van der Waals surface area contributed by atoms with Crippen molar-refractivity contribution in [1.29, 1.82) is 0 Å². The first-order valence-corrected chi connectivity index (χ1v) is 8.69. The van der Waals surface area contributed by atoms with Crippen molar-refractivity contribution >= 4 is 28.9 Å². The SMILES string of the molecule is Cc1nc(C(C)NC(=O)c2cc3c(cc2[N+](=O)[O-])OCCO3)sc1C(=O)O. The largest absolute Gasteiger partial charge is 0.486 e. The molecule has 1 amide bonds. The lowest BCUT2D eigenvalue weighted by molar-refractivity contribution is -0.385. The molecule has 0 saturated carbocycles. The van der Waals surface area contributed by atoms with Gasteiger partial charge in [-0.25, -0.2) is 9.78 Å².